The van der Waals surface area contributed by atoms with Gasteiger partial charge in [0.15, 0.2) is 0 Å². The van der Waals surface area contributed by atoms with Crippen LogP contribution in [0.15, 0.2) is 71.7 Å². The number of fused-ring (bicyclic) bond motifs is 1. The molecule has 0 aromatic heterocycles. The number of nitrogens with zero attached hydrogens (tertiary/aromatic N) is 1. The van der Waals surface area contributed by atoms with Gasteiger partial charge in [0.25, 0.3) is 5.91 Å². The average molecular weight is 488 g/mol. The van der Waals surface area contributed by atoms with E-state index in [1.54, 1.807) is 31.4 Å². The highest BCUT2D eigenvalue weighted by atomic mass is 19.1. The van der Waals surface area contributed by atoms with Crippen molar-refractivity contribution in [3.05, 3.63) is 89.2 Å². The molecule has 186 valence electrons. The summed E-state index contributed by atoms with van der Waals surface area (Å²) >= 11 is 0. The number of aliphatic hydroxyl groups is 1. The fourth-order valence-electron chi connectivity index (χ4n) is 4.98. The monoisotopic (exact) mass is 487 g/mol. The van der Waals surface area contributed by atoms with Crippen LogP contribution < -0.4 is 10.6 Å². The van der Waals surface area contributed by atoms with E-state index < -0.39 is 12.1 Å². The second kappa shape index (κ2) is 10.6. The van der Waals surface area contributed by atoms with Gasteiger partial charge in [-0.15, -0.1) is 0 Å². The van der Waals surface area contributed by atoms with E-state index in [1.165, 1.54) is 12.1 Å². The number of benzene rings is 3. The summed E-state index contributed by atoms with van der Waals surface area (Å²) < 4.78 is 18.5. The predicted molar refractivity (Wildman–Crippen MR) is 139 cm³/mol. The van der Waals surface area contributed by atoms with Crippen LogP contribution in [0.2, 0.25) is 0 Å². The largest absolute Gasteiger partial charge is 0.390 e. The Morgan fingerprint density at radius 3 is 2.53 bits per heavy atom. The van der Waals surface area contributed by atoms with Crippen LogP contribution in [0.5, 0.6) is 0 Å². The molecule has 0 saturated carbocycles. The van der Waals surface area contributed by atoms with Crippen molar-refractivity contribution in [1.82, 2.24) is 5.32 Å². The molecule has 5 rings (SSSR count). The molecule has 3 atom stereocenters. The number of amides is 1. The highest BCUT2D eigenvalue weighted by Gasteiger charge is 2.33. The second-order valence-corrected chi connectivity index (χ2v) is 9.42. The highest BCUT2D eigenvalue weighted by molar-refractivity contribution is 5.96. The number of methoxy groups -OCH3 is 1. The Kier molecular flexibility index (Phi) is 7.11. The Bertz CT molecular complexity index is 1260. The van der Waals surface area contributed by atoms with Gasteiger partial charge in [0.05, 0.1) is 24.8 Å². The zero-order chi connectivity index (χ0) is 25.1. The van der Waals surface area contributed by atoms with Crippen LogP contribution in [0.3, 0.4) is 0 Å². The lowest BCUT2D eigenvalue weighted by molar-refractivity contribution is 0.0858. The van der Waals surface area contributed by atoms with Gasteiger partial charge >= 0.3 is 0 Å². The maximum Gasteiger partial charge on any atom is 0.251 e. The summed E-state index contributed by atoms with van der Waals surface area (Å²) in [7, 11) is 1.69. The number of halogens is 1. The van der Waals surface area contributed by atoms with E-state index in [0.29, 0.717) is 18.6 Å². The standard InChI is InChI=1S/C29H30FN3O3/c1-36-17-24-3-2-4-27(32-24)31-23-14-11-21-15-26(34)28(25(21)16-23)33-29(35)20-7-5-18(6-8-20)19-9-12-22(30)13-10-19/h5-14,16,24,26,28,34H,2-4,15,17H2,1H3,(H,31,32)(H,33,35). The second-order valence-electron chi connectivity index (χ2n) is 9.42. The predicted octanol–water partition coefficient (Wildman–Crippen LogP) is 4.89. The van der Waals surface area contributed by atoms with Crippen molar-refractivity contribution in [3.8, 4) is 11.1 Å². The van der Waals surface area contributed by atoms with Crippen molar-refractivity contribution in [2.45, 2.75) is 43.9 Å². The van der Waals surface area contributed by atoms with Crippen molar-refractivity contribution < 1.29 is 19.0 Å². The van der Waals surface area contributed by atoms with Crippen molar-refractivity contribution in [2.24, 2.45) is 4.99 Å². The maximum absolute atomic E-state index is 13.2. The van der Waals surface area contributed by atoms with Crippen molar-refractivity contribution in [2.75, 3.05) is 19.0 Å². The molecule has 7 heteroatoms. The van der Waals surface area contributed by atoms with Crippen LogP contribution in [0.4, 0.5) is 10.1 Å². The lowest BCUT2D eigenvalue weighted by Gasteiger charge is -2.22. The summed E-state index contributed by atoms with van der Waals surface area (Å²) in [5, 5.41) is 17.2. The van der Waals surface area contributed by atoms with Gasteiger partial charge in [0, 0.05) is 31.2 Å². The number of amidine groups is 1. The fraction of sp³-hybridized carbons (Fsp3) is 0.310. The Morgan fingerprint density at radius 1 is 1.08 bits per heavy atom. The number of aliphatic hydroxyl groups excluding tert-OH is 1. The van der Waals surface area contributed by atoms with Crippen LogP contribution in [0.25, 0.3) is 11.1 Å². The molecule has 36 heavy (non-hydrogen) atoms. The van der Waals surface area contributed by atoms with Gasteiger partial charge in [-0.1, -0.05) is 30.3 Å². The lowest BCUT2D eigenvalue weighted by atomic mass is 10.0. The number of carbonyl (C=O) groups excluding carboxylic acids is 1. The highest BCUT2D eigenvalue weighted by Crippen LogP contribution is 2.34. The molecule has 1 aliphatic carbocycles. The quantitative estimate of drug-likeness (QED) is 0.462. The average Bonchev–Trinajstić information content (AvgIpc) is 3.19. The minimum absolute atomic E-state index is 0.170. The molecule has 0 spiro atoms. The van der Waals surface area contributed by atoms with E-state index in [9.17, 15) is 14.3 Å². The summed E-state index contributed by atoms with van der Waals surface area (Å²) in [5.74, 6) is 0.393. The van der Waals surface area contributed by atoms with Crippen LogP contribution in [-0.4, -0.2) is 42.7 Å². The number of nitrogens with one attached hydrogen (secondary N) is 2. The summed E-state index contributed by atoms with van der Waals surface area (Å²) in [6.07, 6.45) is 2.75. The van der Waals surface area contributed by atoms with E-state index >= 15 is 0 Å². The molecule has 1 amide bonds. The van der Waals surface area contributed by atoms with Crippen molar-refractivity contribution >= 4 is 17.4 Å². The first-order valence-electron chi connectivity index (χ1n) is 12.3. The van der Waals surface area contributed by atoms with E-state index in [2.05, 4.69) is 10.6 Å². The number of rotatable bonds is 6. The molecule has 0 saturated heterocycles. The first kappa shape index (κ1) is 24.2. The van der Waals surface area contributed by atoms with Gasteiger partial charge in [-0.05, 0) is 71.5 Å². The molecule has 2 aliphatic rings. The fourth-order valence-corrected chi connectivity index (χ4v) is 4.98. The molecule has 3 N–H and O–H groups in total. The third-order valence-electron chi connectivity index (χ3n) is 6.84. The van der Waals surface area contributed by atoms with Crippen molar-refractivity contribution in [3.63, 3.8) is 0 Å². The van der Waals surface area contributed by atoms with E-state index in [1.807, 2.05) is 30.3 Å². The van der Waals surface area contributed by atoms with Crippen LogP contribution >= 0.6 is 0 Å². The third-order valence-corrected chi connectivity index (χ3v) is 6.84. The van der Waals surface area contributed by atoms with Gasteiger partial charge in [-0.3, -0.25) is 9.79 Å². The normalized spacial score (nSPS) is 21.0. The SMILES string of the molecule is COCC1CCCC(Nc2ccc3c(c2)C(NC(=O)c2ccc(-c4ccc(F)cc4)cc2)C(O)C3)=N1. The van der Waals surface area contributed by atoms with E-state index in [0.717, 1.165) is 53.0 Å². The number of hydrogen-bond acceptors (Lipinski definition) is 5. The molecular formula is C29H30FN3O3. The van der Waals surface area contributed by atoms with Gasteiger partial charge in [-0.25, -0.2) is 4.39 Å². The topological polar surface area (TPSA) is 83.0 Å². The number of ether oxygens (including phenoxy) is 1. The molecule has 1 aliphatic heterocycles. The first-order valence-corrected chi connectivity index (χ1v) is 12.3. The molecule has 1 heterocycles. The van der Waals surface area contributed by atoms with E-state index in [4.69, 9.17) is 9.73 Å². The zero-order valence-electron chi connectivity index (χ0n) is 20.2. The Labute approximate surface area is 210 Å². The van der Waals surface area contributed by atoms with Gasteiger partial charge in [0.1, 0.15) is 11.7 Å². The molecule has 6 nitrogen and oxygen atoms in total. The minimum Gasteiger partial charge on any atom is -0.390 e. The van der Waals surface area contributed by atoms with Crippen molar-refractivity contribution in [1.29, 1.82) is 0 Å². The first-order chi connectivity index (χ1) is 17.5. The molecule has 0 bridgehead atoms. The summed E-state index contributed by atoms with van der Waals surface area (Å²) in [6.45, 7) is 0.612. The molecule has 3 unspecified atom stereocenters. The number of aliphatic imine (C=N–C) groups is 1. The Morgan fingerprint density at radius 2 is 1.81 bits per heavy atom. The lowest BCUT2D eigenvalue weighted by Crippen LogP contribution is -2.33. The summed E-state index contributed by atoms with van der Waals surface area (Å²) in [4.78, 5) is 17.8. The molecule has 3 aromatic rings. The zero-order valence-corrected chi connectivity index (χ0v) is 20.2. The Balaban J connectivity index is 1.29. The molecule has 3 aromatic carbocycles. The van der Waals surface area contributed by atoms with Crippen LogP contribution in [0.1, 0.15) is 46.8 Å². The van der Waals surface area contributed by atoms with Crippen LogP contribution in [-0.2, 0) is 11.2 Å². The number of carbonyl (C=O) groups is 1. The van der Waals surface area contributed by atoms with Gasteiger partial charge in [0.2, 0.25) is 0 Å². The maximum atomic E-state index is 13.2. The minimum atomic E-state index is -0.698. The third kappa shape index (κ3) is 5.32. The number of hydrogen-bond donors (Lipinski definition) is 3. The summed E-state index contributed by atoms with van der Waals surface area (Å²) in [5.41, 5.74) is 5.09. The molecule has 0 fully saturated rings. The smallest absolute Gasteiger partial charge is 0.251 e. The van der Waals surface area contributed by atoms with Gasteiger partial charge < -0.3 is 20.5 Å². The Hall–Kier alpha value is -3.55. The van der Waals surface area contributed by atoms with E-state index in [-0.39, 0.29) is 17.8 Å². The van der Waals surface area contributed by atoms with Crippen LogP contribution in [0, 0.1) is 5.82 Å². The molecular weight excluding hydrogens is 457 g/mol. The summed E-state index contributed by atoms with van der Waals surface area (Å²) in [6, 6.07) is 19.1. The number of anilines is 1. The van der Waals surface area contributed by atoms with Gasteiger partial charge in [-0.2, -0.15) is 0 Å². The molecule has 0 radical (unpaired) electrons.